The molecule has 0 atom stereocenters. The molecule has 0 aliphatic carbocycles. The molecule has 0 radical (unpaired) electrons. The van der Waals surface area contributed by atoms with Crippen LogP contribution in [0, 0.1) is 0 Å². The molecular weight excluding hydrogens is 560 g/mol. The molecule has 0 spiro atoms. The van der Waals surface area contributed by atoms with Gasteiger partial charge in [0.2, 0.25) is 0 Å². The molecule has 0 unspecified atom stereocenters. The summed E-state index contributed by atoms with van der Waals surface area (Å²) in [6.45, 7) is 4.13. The topological polar surface area (TPSA) is 17.6 Å². The number of pyridine rings is 2. The van der Waals surface area contributed by atoms with E-state index in [0.717, 1.165) is 51.9 Å². The molecule has 0 fully saturated rings. The second-order valence-electron chi connectivity index (χ2n) is 12.4. The van der Waals surface area contributed by atoms with Crippen LogP contribution in [-0.2, 0) is 26.2 Å². The van der Waals surface area contributed by atoms with E-state index in [9.17, 15) is 0 Å². The van der Waals surface area contributed by atoms with Gasteiger partial charge in [0.15, 0.2) is 24.8 Å². The zero-order valence-electron chi connectivity index (χ0n) is 26.3. The van der Waals surface area contributed by atoms with Crippen LogP contribution in [0.4, 0.5) is 0 Å². The summed E-state index contributed by atoms with van der Waals surface area (Å²) in [7, 11) is 0. The van der Waals surface area contributed by atoms with E-state index in [0.29, 0.717) is 0 Å². The fraction of sp³-hybridized carbons (Fsp3) is 0.190. The van der Waals surface area contributed by atoms with Gasteiger partial charge in [-0.3, -0.25) is 0 Å². The Morgan fingerprint density at radius 3 is 0.978 bits per heavy atom. The number of hydrogen-bond donors (Lipinski definition) is 0. The van der Waals surface area contributed by atoms with Crippen molar-refractivity contribution in [2.45, 2.75) is 51.9 Å². The summed E-state index contributed by atoms with van der Waals surface area (Å²) >= 11 is 0. The van der Waals surface area contributed by atoms with Crippen LogP contribution in [-0.4, -0.2) is 9.13 Å². The van der Waals surface area contributed by atoms with Crippen LogP contribution >= 0.6 is 0 Å². The first-order chi connectivity index (χ1) is 22.8. The van der Waals surface area contributed by atoms with Crippen molar-refractivity contribution >= 4 is 43.6 Å². The van der Waals surface area contributed by atoms with E-state index in [1.54, 1.807) is 0 Å². The molecule has 0 amide bonds. The molecule has 0 N–H and O–H groups in total. The lowest BCUT2D eigenvalue weighted by atomic mass is 10.1. The molecule has 4 heterocycles. The summed E-state index contributed by atoms with van der Waals surface area (Å²) in [5, 5.41) is 5.41. The van der Waals surface area contributed by atoms with Crippen LogP contribution in [0.15, 0.2) is 146 Å². The van der Waals surface area contributed by atoms with Crippen molar-refractivity contribution in [2.24, 2.45) is 0 Å². The fourth-order valence-electron chi connectivity index (χ4n) is 7.21. The Morgan fingerprint density at radius 1 is 0.348 bits per heavy atom. The van der Waals surface area contributed by atoms with Gasteiger partial charge in [0.25, 0.3) is 0 Å². The molecule has 46 heavy (non-hydrogen) atoms. The molecule has 0 aliphatic heterocycles. The smallest absolute Gasteiger partial charge is 0.169 e. The average Bonchev–Trinajstić information content (AvgIpc) is 3.62. The van der Waals surface area contributed by atoms with Crippen LogP contribution in [0.2, 0.25) is 0 Å². The summed E-state index contributed by atoms with van der Waals surface area (Å²) in [5.74, 6) is 0. The SMILES string of the molecule is c1ccc2c(c1)c1ccccc1n2CCCC[n+]1ccc(-c2cc[n+](CCCCn3c4ccccc4c4ccccc43)cc2)cc1. The highest BCUT2D eigenvalue weighted by Crippen LogP contribution is 2.30. The standard InChI is InChI=1S/C42H40N4/c1-5-17-39-35(13-1)36-14-2-6-18-40(36)45(39)27-11-9-25-43-29-21-33(22-30-43)34-23-31-44(32-24-34)26-10-12-28-46-41-19-7-3-15-37(41)38-16-4-8-20-42(38)46/h1-8,13-24,29-32H,9-12,25-28H2/q+2. The van der Waals surface area contributed by atoms with Crippen molar-refractivity contribution in [3.63, 3.8) is 0 Å². The molecule has 0 saturated heterocycles. The molecule has 4 aromatic carbocycles. The van der Waals surface area contributed by atoms with Crippen LogP contribution in [0.25, 0.3) is 54.7 Å². The van der Waals surface area contributed by atoms with Crippen molar-refractivity contribution < 1.29 is 9.13 Å². The molecule has 0 saturated carbocycles. The Labute approximate surface area is 270 Å². The molecule has 8 rings (SSSR count). The molecule has 4 nitrogen and oxygen atoms in total. The summed E-state index contributed by atoms with van der Waals surface area (Å²) in [4.78, 5) is 0. The van der Waals surface area contributed by atoms with Crippen LogP contribution in [0.5, 0.6) is 0 Å². The van der Waals surface area contributed by atoms with Gasteiger partial charge < -0.3 is 9.13 Å². The van der Waals surface area contributed by atoms with Crippen LogP contribution < -0.4 is 9.13 Å². The molecular formula is C42H40N4+2. The molecule has 4 heteroatoms. The lowest BCUT2D eigenvalue weighted by Gasteiger charge is -2.07. The third-order valence-corrected chi connectivity index (χ3v) is 9.57. The molecule has 0 bridgehead atoms. The van der Waals surface area contributed by atoms with Crippen molar-refractivity contribution in [1.82, 2.24) is 9.13 Å². The normalized spacial score (nSPS) is 11.7. The van der Waals surface area contributed by atoms with Gasteiger partial charge in [-0.25, -0.2) is 9.13 Å². The van der Waals surface area contributed by atoms with Crippen LogP contribution in [0.3, 0.4) is 0 Å². The highest BCUT2D eigenvalue weighted by Gasteiger charge is 2.12. The number of aryl methyl sites for hydroxylation is 4. The Bertz CT molecular complexity index is 1990. The van der Waals surface area contributed by atoms with E-state index >= 15 is 0 Å². The van der Waals surface area contributed by atoms with E-state index in [1.165, 1.54) is 54.7 Å². The minimum absolute atomic E-state index is 1.03. The third-order valence-electron chi connectivity index (χ3n) is 9.57. The summed E-state index contributed by atoms with van der Waals surface area (Å²) in [6.07, 6.45) is 13.5. The van der Waals surface area contributed by atoms with Gasteiger partial charge in [0.1, 0.15) is 13.1 Å². The Kier molecular flexibility index (Phi) is 7.77. The number of nitrogens with zero attached hydrogens (tertiary/aromatic N) is 4. The first-order valence-corrected chi connectivity index (χ1v) is 16.7. The van der Waals surface area contributed by atoms with Gasteiger partial charge >= 0.3 is 0 Å². The quantitative estimate of drug-likeness (QED) is 0.104. The number of fused-ring (bicyclic) bond motifs is 6. The predicted octanol–water partition coefficient (Wildman–Crippen LogP) is 9.11. The maximum atomic E-state index is 2.49. The molecule has 0 aliphatic rings. The van der Waals surface area contributed by atoms with Gasteiger partial charge in [-0.05, 0) is 48.2 Å². The van der Waals surface area contributed by atoms with Crippen molar-refractivity contribution in [3.8, 4) is 11.1 Å². The molecule has 4 aromatic heterocycles. The highest BCUT2D eigenvalue weighted by atomic mass is 15.0. The number of aromatic nitrogens is 4. The second-order valence-corrected chi connectivity index (χ2v) is 12.4. The third kappa shape index (κ3) is 5.45. The van der Waals surface area contributed by atoms with Crippen molar-refractivity contribution in [3.05, 3.63) is 146 Å². The number of hydrogen-bond acceptors (Lipinski definition) is 0. The van der Waals surface area contributed by atoms with Crippen molar-refractivity contribution in [2.75, 3.05) is 0 Å². The zero-order chi connectivity index (χ0) is 30.7. The minimum atomic E-state index is 1.03. The monoisotopic (exact) mass is 600 g/mol. The van der Waals surface area contributed by atoms with E-state index in [-0.39, 0.29) is 0 Å². The first-order valence-electron chi connectivity index (χ1n) is 16.7. The van der Waals surface area contributed by atoms with E-state index < -0.39 is 0 Å². The average molecular weight is 601 g/mol. The van der Waals surface area contributed by atoms with E-state index in [1.807, 2.05) is 0 Å². The maximum absolute atomic E-state index is 2.49. The van der Waals surface area contributed by atoms with E-state index in [4.69, 9.17) is 0 Å². The molecule has 226 valence electrons. The number of para-hydroxylation sites is 4. The Morgan fingerprint density at radius 2 is 0.652 bits per heavy atom. The second kappa shape index (κ2) is 12.6. The fourth-order valence-corrected chi connectivity index (χ4v) is 7.21. The van der Waals surface area contributed by atoms with Gasteiger partial charge in [0, 0.05) is 93.8 Å². The Balaban J connectivity index is 0.837. The molecule has 8 aromatic rings. The zero-order valence-corrected chi connectivity index (χ0v) is 26.3. The van der Waals surface area contributed by atoms with Gasteiger partial charge in [-0.15, -0.1) is 0 Å². The van der Waals surface area contributed by atoms with Crippen LogP contribution in [0.1, 0.15) is 25.7 Å². The number of benzene rings is 4. The van der Waals surface area contributed by atoms with Gasteiger partial charge in [-0.2, -0.15) is 0 Å². The van der Waals surface area contributed by atoms with E-state index in [2.05, 4.69) is 164 Å². The minimum Gasteiger partial charge on any atom is -0.340 e. The summed E-state index contributed by atoms with van der Waals surface area (Å²) in [6, 6.07) is 44.1. The van der Waals surface area contributed by atoms with Gasteiger partial charge in [0.05, 0.1) is 0 Å². The number of unbranched alkanes of at least 4 members (excludes halogenated alkanes) is 2. The summed E-state index contributed by atoms with van der Waals surface area (Å²) < 4.78 is 9.61. The largest absolute Gasteiger partial charge is 0.340 e. The number of rotatable bonds is 11. The summed E-state index contributed by atoms with van der Waals surface area (Å²) in [5.41, 5.74) is 7.88. The Hall–Kier alpha value is -5.22. The lowest BCUT2D eigenvalue weighted by Crippen LogP contribution is -2.33. The van der Waals surface area contributed by atoms with Crippen molar-refractivity contribution in [1.29, 1.82) is 0 Å². The maximum Gasteiger partial charge on any atom is 0.169 e. The highest BCUT2D eigenvalue weighted by molar-refractivity contribution is 6.08. The predicted molar refractivity (Wildman–Crippen MR) is 190 cm³/mol. The van der Waals surface area contributed by atoms with Gasteiger partial charge in [-0.1, -0.05) is 72.8 Å². The first kappa shape index (κ1) is 28.3. The lowest BCUT2D eigenvalue weighted by molar-refractivity contribution is -0.697.